The third-order valence-electron chi connectivity index (χ3n) is 8.91. The molecule has 3 atom stereocenters. The summed E-state index contributed by atoms with van der Waals surface area (Å²) in [6.07, 6.45) is 46.4. The van der Waals surface area contributed by atoms with Crippen molar-refractivity contribution < 1.29 is 42.4 Å². The van der Waals surface area contributed by atoms with Crippen molar-refractivity contribution in [1.82, 2.24) is 0 Å². The number of quaternary nitrogens is 1. The Morgan fingerprint density at radius 3 is 1.88 bits per heavy atom. The number of hydrogen-bond donors (Lipinski definition) is 2. The number of ether oxygens (including phenoxy) is 2. The van der Waals surface area contributed by atoms with E-state index in [1.807, 2.05) is 51.5 Å². The zero-order chi connectivity index (χ0) is 41.4. The van der Waals surface area contributed by atoms with Crippen molar-refractivity contribution in [1.29, 1.82) is 0 Å². The maximum absolute atomic E-state index is 12.5. The molecule has 2 N–H and O–H groups in total. The lowest BCUT2D eigenvalue weighted by Crippen LogP contribution is -2.37. The van der Waals surface area contributed by atoms with E-state index in [9.17, 15) is 19.4 Å². The first-order valence-electron chi connectivity index (χ1n) is 21.8. The highest BCUT2D eigenvalue weighted by molar-refractivity contribution is 7.47. The fourth-order valence-electron chi connectivity index (χ4n) is 5.37. The lowest BCUT2D eigenvalue weighted by molar-refractivity contribution is -0.870. The summed E-state index contributed by atoms with van der Waals surface area (Å²) in [6.45, 7) is 4.67. The Balaban J connectivity index is 4.51. The molecule has 0 saturated carbocycles. The molecule has 2 unspecified atom stereocenters. The van der Waals surface area contributed by atoms with Crippen LogP contribution < -0.4 is 0 Å². The topological polar surface area (TPSA) is 112 Å². The highest BCUT2D eigenvalue weighted by Crippen LogP contribution is 2.43. The van der Waals surface area contributed by atoms with Gasteiger partial charge in [0.2, 0.25) is 0 Å². The van der Waals surface area contributed by atoms with Gasteiger partial charge in [-0.2, -0.15) is 0 Å². The number of carbonyl (C=O) groups is 1. The summed E-state index contributed by atoms with van der Waals surface area (Å²) in [6, 6.07) is 0. The smallest absolute Gasteiger partial charge is 0.472 e. The fourth-order valence-corrected chi connectivity index (χ4v) is 6.11. The van der Waals surface area contributed by atoms with Gasteiger partial charge < -0.3 is 24.0 Å². The number of allylic oxidation sites excluding steroid dienone is 9. The van der Waals surface area contributed by atoms with Gasteiger partial charge in [-0.25, -0.2) is 4.57 Å². The third-order valence-corrected chi connectivity index (χ3v) is 9.89. The first kappa shape index (κ1) is 53.7. The second kappa shape index (κ2) is 38.3. The van der Waals surface area contributed by atoms with Crippen LogP contribution >= 0.6 is 7.82 Å². The molecule has 0 fully saturated rings. The van der Waals surface area contributed by atoms with Crippen LogP contribution in [0.2, 0.25) is 0 Å². The highest BCUT2D eigenvalue weighted by atomic mass is 31.2. The van der Waals surface area contributed by atoms with Crippen LogP contribution in [-0.4, -0.2) is 80.2 Å². The number of esters is 1. The van der Waals surface area contributed by atoms with Crippen molar-refractivity contribution in [3.05, 3.63) is 73.1 Å². The first-order valence-corrected chi connectivity index (χ1v) is 23.3. The molecule has 0 aliphatic carbocycles. The van der Waals surface area contributed by atoms with Crippen LogP contribution in [0, 0.1) is 0 Å². The molecule has 0 amide bonds. The van der Waals surface area contributed by atoms with Crippen LogP contribution in [0.25, 0.3) is 0 Å². The molecule has 324 valence electrons. The van der Waals surface area contributed by atoms with E-state index >= 15 is 0 Å². The zero-order valence-electron chi connectivity index (χ0n) is 36.2. The number of aliphatic hydroxyl groups excluding tert-OH is 1. The monoisotopic (exact) mass is 809 g/mol. The van der Waals surface area contributed by atoms with Gasteiger partial charge in [-0.15, -0.1) is 0 Å². The molecule has 9 nitrogen and oxygen atoms in total. The van der Waals surface area contributed by atoms with Crippen LogP contribution in [0.4, 0.5) is 0 Å². The number of rotatable bonds is 39. The van der Waals surface area contributed by atoms with E-state index < -0.39 is 20.0 Å². The number of nitrogens with zero attached hydrogens (tertiary/aromatic N) is 1. The van der Waals surface area contributed by atoms with E-state index in [-0.39, 0.29) is 32.2 Å². The van der Waals surface area contributed by atoms with E-state index in [0.717, 1.165) is 38.5 Å². The molecule has 0 aliphatic heterocycles. The summed E-state index contributed by atoms with van der Waals surface area (Å²) in [7, 11) is 1.58. The Bertz CT molecular complexity index is 1140. The average molecular weight is 809 g/mol. The Morgan fingerprint density at radius 2 is 1.21 bits per heavy atom. The van der Waals surface area contributed by atoms with Crippen LogP contribution in [0.3, 0.4) is 0 Å². The second-order valence-corrected chi connectivity index (χ2v) is 17.1. The predicted octanol–water partition coefficient (Wildman–Crippen LogP) is 12.0. The number of likely N-dealkylation sites (N-methyl/N-ethyl adjacent to an activating group) is 1. The van der Waals surface area contributed by atoms with E-state index in [2.05, 4.69) is 44.2 Å². The summed E-state index contributed by atoms with van der Waals surface area (Å²) >= 11 is 0. The first-order chi connectivity index (χ1) is 27.0. The highest BCUT2D eigenvalue weighted by Gasteiger charge is 2.25. The molecule has 0 bridgehead atoms. The van der Waals surface area contributed by atoms with Gasteiger partial charge in [0.1, 0.15) is 19.8 Å². The SMILES string of the molecule is CCCCC/C=C\C/C=C\CC(O)/C=C\C=C\CCCC(=O)OC[C@H](COP(=O)(O)OCC[N+](C)(C)C)O/C=C/CCCCCC/C=C\CCCCCCCC. The van der Waals surface area contributed by atoms with Gasteiger partial charge in [-0.3, -0.25) is 13.8 Å². The Kier molecular flexibility index (Phi) is 36.7. The van der Waals surface area contributed by atoms with Crippen molar-refractivity contribution >= 4 is 13.8 Å². The standard InChI is InChI=1S/C46H82NO8P/c1-6-8-10-12-14-16-17-18-19-20-21-22-24-26-31-35-40-52-45(43-55-56(50,51)54-41-39-47(3,4)5)42-53-46(49)38-34-30-27-29-33-37-44(48)36-32-28-25-23-15-13-11-9-7-2/h15,18-19,23,27-29,32-33,35,37,40,44-45,48H,6-14,16-17,20-22,24-26,30-31,34,36,38-39,41-43H2,1-5H3/p+1/b19-18-,23-15-,29-27+,32-28-,37-33-,40-35+/t44?,45-/m1/s1. The van der Waals surface area contributed by atoms with Crippen LogP contribution in [-0.2, 0) is 27.9 Å². The second-order valence-electron chi connectivity index (χ2n) is 15.6. The minimum absolute atomic E-state index is 0.0622. The summed E-state index contributed by atoms with van der Waals surface area (Å²) in [5, 5.41) is 10.1. The van der Waals surface area contributed by atoms with Gasteiger partial charge in [0.05, 0.1) is 40.1 Å². The zero-order valence-corrected chi connectivity index (χ0v) is 37.1. The molecule has 0 saturated heterocycles. The number of unbranched alkanes of at least 4 members (excludes halogenated alkanes) is 15. The molecule has 0 aliphatic rings. The van der Waals surface area contributed by atoms with Gasteiger partial charge in [0.15, 0.2) is 6.10 Å². The van der Waals surface area contributed by atoms with E-state index in [4.69, 9.17) is 18.5 Å². The molecule has 10 heteroatoms. The van der Waals surface area contributed by atoms with Crippen molar-refractivity contribution in [2.75, 3.05) is 47.5 Å². The normalized spacial score (nSPS) is 15.0. The van der Waals surface area contributed by atoms with Gasteiger partial charge >= 0.3 is 13.8 Å². The van der Waals surface area contributed by atoms with E-state index in [0.29, 0.717) is 30.3 Å². The molecular formula is C46H83NO8P+. The van der Waals surface area contributed by atoms with Crippen LogP contribution in [0.5, 0.6) is 0 Å². The minimum atomic E-state index is -4.30. The van der Waals surface area contributed by atoms with Gasteiger partial charge in [-0.05, 0) is 83.1 Å². The van der Waals surface area contributed by atoms with E-state index in [1.165, 1.54) is 77.0 Å². The number of aliphatic hydroxyl groups is 1. The molecule has 0 radical (unpaired) electrons. The lowest BCUT2D eigenvalue weighted by atomic mass is 10.1. The van der Waals surface area contributed by atoms with E-state index in [1.54, 1.807) is 12.3 Å². The molecule has 0 rings (SSSR count). The molecule has 0 heterocycles. The Morgan fingerprint density at radius 1 is 0.661 bits per heavy atom. The predicted molar refractivity (Wildman–Crippen MR) is 234 cm³/mol. The fraction of sp³-hybridized carbons (Fsp3) is 0.717. The number of phosphoric acid groups is 1. The summed E-state index contributed by atoms with van der Waals surface area (Å²) < 4.78 is 34.6. The average Bonchev–Trinajstić information content (AvgIpc) is 3.15. The maximum Gasteiger partial charge on any atom is 0.472 e. The third kappa shape index (κ3) is 41.4. The summed E-state index contributed by atoms with van der Waals surface area (Å²) in [5.74, 6) is -0.381. The number of phosphoric ester groups is 1. The van der Waals surface area contributed by atoms with Crippen molar-refractivity contribution in [2.24, 2.45) is 0 Å². The van der Waals surface area contributed by atoms with Crippen molar-refractivity contribution in [2.45, 2.75) is 167 Å². The molecule has 0 aromatic rings. The van der Waals surface area contributed by atoms with Gasteiger partial charge in [0, 0.05) is 6.42 Å². The molecular weight excluding hydrogens is 725 g/mol. The Hall–Kier alpha value is -2.26. The quantitative estimate of drug-likeness (QED) is 0.0120. The van der Waals surface area contributed by atoms with Crippen LogP contribution in [0.15, 0.2) is 73.1 Å². The molecule has 0 spiro atoms. The molecule has 0 aromatic heterocycles. The largest absolute Gasteiger partial charge is 0.492 e. The summed E-state index contributed by atoms with van der Waals surface area (Å²) in [5.41, 5.74) is 0. The molecule has 0 aromatic carbocycles. The number of hydrogen-bond acceptors (Lipinski definition) is 7. The summed E-state index contributed by atoms with van der Waals surface area (Å²) in [4.78, 5) is 22.6. The lowest BCUT2D eigenvalue weighted by Gasteiger charge is -2.24. The van der Waals surface area contributed by atoms with Gasteiger partial charge in [0.25, 0.3) is 0 Å². The van der Waals surface area contributed by atoms with Crippen molar-refractivity contribution in [3.8, 4) is 0 Å². The van der Waals surface area contributed by atoms with Crippen molar-refractivity contribution in [3.63, 3.8) is 0 Å². The maximum atomic E-state index is 12.5. The Labute approximate surface area is 343 Å². The van der Waals surface area contributed by atoms with Crippen LogP contribution in [0.1, 0.15) is 155 Å². The van der Waals surface area contributed by atoms with Gasteiger partial charge in [-0.1, -0.05) is 132 Å². The minimum Gasteiger partial charge on any atom is -0.492 e. The molecule has 56 heavy (non-hydrogen) atoms. The number of carbonyl (C=O) groups excluding carboxylic acids is 1.